The number of hydrogen-bond acceptors (Lipinski definition) is 0. The zero-order valence-corrected chi connectivity index (χ0v) is 7.65. The summed E-state index contributed by atoms with van der Waals surface area (Å²) in [5.41, 5.74) is 1.29. The van der Waals surface area contributed by atoms with Gasteiger partial charge < -0.3 is 0 Å². The Bertz CT molecular complexity index is 134. The van der Waals surface area contributed by atoms with Crippen molar-refractivity contribution in [3.05, 3.63) is 35.9 Å². The molecule has 1 aromatic carbocycles. The molecule has 0 nitrogen and oxygen atoms in total. The van der Waals surface area contributed by atoms with Crippen molar-refractivity contribution in [2.45, 2.75) is 6.92 Å². The molecule has 0 amide bonds. The summed E-state index contributed by atoms with van der Waals surface area (Å²) in [7, 11) is 0. The maximum absolute atomic E-state index is 2.93. The van der Waals surface area contributed by atoms with Crippen molar-refractivity contribution in [2.75, 3.05) is 0 Å². The van der Waals surface area contributed by atoms with Crippen molar-refractivity contribution in [2.24, 2.45) is 0 Å². The summed E-state index contributed by atoms with van der Waals surface area (Å²) in [5, 5.41) is 0. The van der Waals surface area contributed by atoms with E-state index in [1.54, 1.807) is 0 Å². The van der Waals surface area contributed by atoms with Gasteiger partial charge in [0.25, 0.3) is 0 Å². The van der Waals surface area contributed by atoms with Crippen LogP contribution in [0.1, 0.15) is 5.56 Å². The first-order valence-corrected chi connectivity index (χ1v) is 2.32. The molecular weight excluding hydrogens is 268 g/mol. The molecule has 40 valence electrons. The van der Waals surface area contributed by atoms with Crippen LogP contribution in [0.4, 0.5) is 0 Å². The fourth-order valence-corrected chi connectivity index (χ4v) is 0.470. The fraction of sp³-hybridized carbons (Fsp3) is 0.143. The van der Waals surface area contributed by atoms with Gasteiger partial charge in [-0.1, -0.05) is 6.92 Å². The van der Waals surface area contributed by atoms with E-state index in [0.29, 0.717) is 0 Å². The predicted molar refractivity (Wildman–Crippen MR) is 30.0 cm³/mol. The monoisotopic (exact) mass is 275 g/mol. The summed E-state index contributed by atoms with van der Waals surface area (Å²) in [6.45, 7) is 2.06. The van der Waals surface area contributed by atoms with Crippen LogP contribution in [0.15, 0.2) is 24.3 Å². The summed E-state index contributed by atoms with van der Waals surface area (Å²) in [5.74, 6) is 0. The van der Waals surface area contributed by atoms with Crippen LogP contribution in [0.2, 0.25) is 0 Å². The van der Waals surface area contributed by atoms with E-state index in [-0.39, 0.29) is 21.1 Å². The number of aryl methyl sites for hydroxylation is 1. The maximum Gasteiger partial charge on any atom is 2.00 e. The van der Waals surface area contributed by atoms with E-state index in [1.165, 1.54) is 5.56 Å². The third-order valence-electron chi connectivity index (χ3n) is 0.885. The molecule has 0 aliphatic rings. The predicted octanol–water partition coefficient (Wildman–Crippen LogP) is 1.79. The van der Waals surface area contributed by atoms with Crippen molar-refractivity contribution in [3.8, 4) is 0 Å². The summed E-state index contributed by atoms with van der Waals surface area (Å²) >= 11 is 0. The zero-order chi connectivity index (χ0) is 5.11. The SMILES string of the molecule is Cc1cc[c-]cc1.[W+2]. The van der Waals surface area contributed by atoms with Gasteiger partial charge in [0, 0.05) is 0 Å². The number of rotatable bonds is 0. The van der Waals surface area contributed by atoms with Gasteiger partial charge in [-0.25, -0.2) is 0 Å². The summed E-state index contributed by atoms with van der Waals surface area (Å²) in [4.78, 5) is 0. The summed E-state index contributed by atoms with van der Waals surface area (Å²) in [6.07, 6.45) is 0. The Morgan fingerprint density at radius 1 is 1.25 bits per heavy atom. The first-order valence-electron chi connectivity index (χ1n) is 2.32. The number of hydrogen-bond donors (Lipinski definition) is 0. The average Bonchev–Trinajstić information content (AvgIpc) is 1.69. The molecule has 0 heterocycles. The molecular formula is C7H7W+. The van der Waals surface area contributed by atoms with E-state index in [9.17, 15) is 0 Å². The van der Waals surface area contributed by atoms with Gasteiger partial charge in [-0.15, -0.1) is 0 Å². The molecule has 1 aromatic rings. The van der Waals surface area contributed by atoms with Crippen LogP contribution in [0.25, 0.3) is 0 Å². The molecule has 1 heteroatoms. The van der Waals surface area contributed by atoms with Crippen LogP contribution < -0.4 is 0 Å². The van der Waals surface area contributed by atoms with Crippen LogP contribution in [0, 0.1) is 13.0 Å². The third-order valence-corrected chi connectivity index (χ3v) is 0.885. The Labute approximate surface area is 64.2 Å². The van der Waals surface area contributed by atoms with Gasteiger partial charge in [-0.05, 0) is 0 Å². The maximum atomic E-state index is 2.93. The first-order chi connectivity index (χ1) is 3.39. The van der Waals surface area contributed by atoms with E-state index in [1.807, 2.05) is 24.3 Å². The molecule has 0 aromatic heterocycles. The van der Waals surface area contributed by atoms with Crippen LogP contribution >= 0.6 is 0 Å². The molecule has 0 aliphatic carbocycles. The Balaban J connectivity index is 0.000000490. The van der Waals surface area contributed by atoms with Gasteiger partial charge >= 0.3 is 21.1 Å². The van der Waals surface area contributed by atoms with Crippen molar-refractivity contribution in [1.29, 1.82) is 0 Å². The minimum atomic E-state index is 0. The molecule has 8 heavy (non-hydrogen) atoms. The first kappa shape index (κ1) is 7.91. The summed E-state index contributed by atoms with van der Waals surface area (Å²) in [6, 6.07) is 10.8. The molecule has 1 rings (SSSR count). The molecule has 0 radical (unpaired) electrons. The molecule has 0 atom stereocenters. The van der Waals surface area contributed by atoms with Crippen molar-refractivity contribution < 1.29 is 21.1 Å². The van der Waals surface area contributed by atoms with Gasteiger partial charge in [0.05, 0.1) is 0 Å². The van der Waals surface area contributed by atoms with E-state index in [2.05, 4.69) is 13.0 Å². The Morgan fingerprint density at radius 2 is 1.75 bits per heavy atom. The van der Waals surface area contributed by atoms with E-state index >= 15 is 0 Å². The second-order valence-electron chi connectivity index (χ2n) is 1.58. The topological polar surface area (TPSA) is 0 Å². The normalized spacial score (nSPS) is 7.62. The van der Waals surface area contributed by atoms with Crippen LogP contribution in [0.5, 0.6) is 0 Å². The van der Waals surface area contributed by atoms with Gasteiger partial charge in [-0.2, -0.15) is 35.9 Å². The van der Waals surface area contributed by atoms with Crippen molar-refractivity contribution >= 4 is 0 Å². The second-order valence-corrected chi connectivity index (χ2v) is 1.58. The molecule has 0 fully saturated rings. The summed E-state index contributed by atoms with van der Waals surface area (Å²) < 4.78 is 0. The minimum absolute atomic E-state index is 0. The van der Waals surface area contributed by atoms with E-state index in [4.69, 9.17) is 0 Å². The number of benzene rings is 1. The van der Waals surface area contributed by atoms with E-state index < -0.39 is 0 Å². The molecule has 0 saturated carbocycles. The Kier molecular flexibility index (Phi) is 3.81. The van der Waals surface area contributed by atoms with E-state index in [0.717, 1.165) is 0 Å². The Morgan fingerprint density at radius 3 is 2.00 bits per heavy atom. The van der Waals surface area contributed by atoms with Gasteiger partial charge in [0.1, 0.15) is 0 Å². The van der Waals surface area contributed by atoms with Crippen LogP contribution in [-0.2, 0) is 21.1 Å². The standard InChI is InChI=1S/C7H7.W/c1-7-5-3-2-4-6-7;/h3-6H,1H3;/q-1;+2. The second kappa shape index (κ2) is 3.86. The Hall–Kier alpha value is -0.0917. The van der Waals surface area contributed by atoms with Crippen LogP contribution in [-0.4, -0.2) is 0 Å². The molecule has 0 N–H and O–H groups in total. The molecule has 0 saturated heterocycles. The third kappa shape index (κ3) is 2.28. The smallest absolute Gasteiger partial charge is 0.184 e. The van der Waals surface area contributed by atoms with Crippen molar-refractivity contribution in [3.63, 3.8) is 0 Å². The largest absolute Gasteiger partial charge is 2.00 e. The van der Waals surface area contributed by atoms with Gasteiger partial charge in [0.15, 0.2) is 0 Å². The van der Waals surface area contributed by atoms with Crippen LogP contribution in [0.3, 0.4) is 0 Å². The molecule has 0 aliphatic heterocycles. The fourth-order valence-electron chi connectivity index (χ4n) is 0.470. The molecule has 0 unspecified atom stereocenters. The van der Waals surface area contributed by atoms with Gasteiger partial charge in [0.2, 0.25) is 0 Å². The average molecular weight is 275 g/mol. The quantitative estimate of drug-likeness (QED) is 0.633. The molecule has 0 spiro atoms. The van der Waals surface area contributed by atoms with Crippen molar-refractivity contribution in [1.82, 2.24) is 0 Å². The molecule has 0 bridgehead atoms. The van der Waals surface area contributed by atoms with Gasteiger partial charge in [-0.3, -0.25) is 0 Å². The zero-order valence-electron chi connectivity index (χ0n) is 4.72. The minimum Gasteiger partial charge on any atom is -0.184 e.